The standard InChI is InChI=1S/C18H21N5O2/c24-17-10-15(13-23(17)12-14-4-2-1-3-5-14)18(25)22-9-8-21-16-11-19-6-7-20-16/h1-7,11,15H,8-10,12-13H2,(H,20,21)(H,22,25)/t15-/m1/s1. The fraction of sp³-hybridized carbons (Fsp3) is 0.333. The molecule has 3 rings (SSSR count). The van der Waals surface area contributed by atoms with Crippen molar-refractivity contribution in [2.45, 2.75) is 13.0 Å². The zero-order chi connectivity index (χ0) is 17.5. The monoisotopic (exact) mass is 339 g/mol. The molecule has 0 aliphatic carbocycles. The third-order valence-electron chi connectivity index (χ3n) is 4.10. The van der Waals surface area contributed by atoms with Crippen molar-refractivity contribution in [3.63, 3.8) is 0 Å². The highest BCUT2D eigenvalue weighted by atomic mass is 16.2. The minimum atomic E-state index is -0.285. The van der Waals surface area contributed by atoms with Crippen molar-refractivity contribution in [3.8, 4) is 0 Å². The number of hydrogen-bond donors (Lipinski definition) is 2. The number of benzene rings is 1. The van der Waals surface area contributed by atoms with E-state index in [9.17, 15) is 9.59 Å². The van der Waals surface area contributed by atoms with Crippen LogP contribution in [0.15, 0.2) is 48.9 Å². The van der Waals surface area contributed by atoms with Gasteiger partial charge in [0.2, 0.25) is 11.8 Å². The van der Waals surface area contributed by atoms with Crippen LogP contribution in [0.3, 0.4) is 0 Å². The van der Waals surface area contributed by atoms with Crippen LogP contribution in [-0.4, -0.2) is 46.3 Å². The molecule has 0 bridgehead atoms. The Kier molecular flexibility index (Phi) is 5.56. The van der Waals surface area contributed by atoms with Crippen LogP contribution in [0.5, 0.6) is 0 Å². The van der Waals surface area contributed by atoms with E-state index < -0.39 is 0 Å². The Morgan fingerprint density at radius 3 is 2.80 bits per heavy atom. The lowest BCUT2D eigenvalue weighted by molar-refractivity contribution is -0.129. The van der Waals surface area contributed by atoms with Gasteiger partial charge in [-0.25, -0.2) is 4.98 Å². The van der Waals surface area contributed by atoms with Crippen molar-refractivity contribution in [2.24, 2.45) is 5.92 Å². The molecule has 2 N–H and O–H groups in total. The van der Waals surface area contributed by atoms with Gasteiger partial charge in [-0.2, -0.15) is 0 Å². The Labute approximate surface area is 146 Å². The summed E-state index contributed by atoms with van der Waals surface area (Å²) in [6, 6.07) is 9.81. The number of aromatic nitrogens is 2. The Hall–Kier alpha value is -2.96. The first kappa shape index (κ1) is 16.9. The Bertz CT molecular complexity index is 708. The third kappa shape index (κ3) is 4.76. The molecule has 7 heteroatoms. The highest BCUT2D eigenvalue weighted by molar-refractivity contribution is 5.89. The van der Waals surface area contributed by atoms with Crippen LogP contribution in [0.25, 0.3) is 0 Å². The van der Waals surface area contributed by atoms with Gasteiger partial charge in [0.1, 0.15) is 5.82 Å². The SMILES string of the molecule is O=C(NCCNc1cnccn1)[C@@H]1CC(=O)N(Cc2ccccc2)C1. The number of likely N-dealkylation sites (tertiary alicyclic amines) is 1. The highest BCUT2D eigenvalue weighted by Gasteiger charge is 2.33. The second-order valence-corrected chi connectivity index (χ2v) is 5.97. The molecule has 0 spiro atoms. The Morgan fingerprint density at radius 1 is 1.20 bits per heavy atom. The van der Waals surface area contributed by atoms with Crippen molar-refractivity contribution >= 4 is 17.6 Å². The first-order chi connectivity index (χ1) is 12.2. The van der Waals surface area contributed by atoms with E-state index in [1.165, 1.54) is 0 Å². The summed E-state index contributed by atoms with van der Waals surface area (Å²) in [6.45, 7) is 2.05. The summed E-state index contributed by atoms with van der Waals surface area (Å²) in [5.41, 5.74) is 1.07. The summed E-state index contributed by atoms with van der Waals surface area (Å²) in [5.74, 6) is 0.334. The number of carbonyl (C=O) groups is 2. The maximum absolute atomic E-state index is 12.3. The van der Waals surface area contributed by atoms with Crippen LogP contribution in [0.1, 0.15) is 12.0 Å². The highest BCUT2D eigenvalue weighted by Crippen LogP contribution is 2.20. The molecule has 0 saturated carbocycles. The molecule has 1 aromatic heterocycles. The van der Waals surface area contributed by atoms with E-state index in [1.54, 1.807) is 23.5 Å². The average Bonchev–Trinajstić information content (AvgIpc) is 3.01. The van der Waals surface area contributed by atoms with Gasteiger partial charge >= 0.3 is 0 Å². The van der Waals surface area contributed by atoms with Crippen LogP contribution in [0.4, 0.5) is 5.82 Å². The number of hydrogen-bond acceptors (Lipinski definition) is 5. The maximum Gasteiger partial charge on any atom is 0.225 e. The lowest BCUT2D eigenvalue weighted by Crippen LogP contribution is -2.35. The lowest BCUT2D eigenvalue weighted by Gasteiger charge is -2.16. The zero-order valence-electron chi connectivity index (χ0n) is 13.9. The average molecular weight is 339 g/mol. The largest absolute Gasteiger partial charge is 0.367 e. The van der Waals surface area contributed by atoms with Crippen molar-refractivity contribution < 1.29 is 9.59 Å². The van der Waals surface area contributed by atoms with E-state index in [1.807, 2.05) is 30.3 Å². The first-order valence-corrected chi connectivity index (χ1v) is 8.31. The molecule has 1 atom stereocenters. The number of rotatable bonds is 7. The van der Waals surface area contributed by atoms with Crippen molar-refractivity contribution in [1.82, 2.24) is 20.2 Å². The van der Waals surface area contributed by atoms with Crippen molar-refractivity contribution in [3.05, 3.63) is 54.5 Å². The summed E-state index contributed by atoms with van der Waals surface area (Å²) in [6.07, 6.45) is 5.10. The van der Waals surface area contributed by atoms with Gasteiger partial charge in [-0.1, -0.05) is 30.3 Å². The molecule has 0 unspecified atom stereocenters. The second-order valence-electron chi connectivity index (χ2n) is 5.97. The van der Waals surface area contributed by atoms with Gasteiger partial charge in [-0.3, -0.25) is 14.6 Å². The molecular formula is C18H21N5O2. The van der Waals surface area contributed by atoms with E-state index in [0.29, 0.717) is 32.0 Å². The molecule has 2 aromatic rings. The van der Waals surface area contributed by atoms with Crippen molar-refractivity contribution in [2.75, 3.05) is 25.0 Å². The summed E-state index contributed by atoms with van der Waals surface area (Å²) in [4.78, 5) is 34.2. The number of nitrogens with zero attached hydrogens (tertiary/aromatic N) is 3. The number of nitrogens with one attached hydrogen (secondary N) is 2. The fourth-order valence-corrected chi connectivity index (χ4v) is 2.82. The van der Waals surface area contributed by atoms with Gasteiger partial charge in [0, 0.05) is 45.0 Å². The van der Waals surface area contributed by atoms with Crippen molar-refractivity contribution in [1.29, 1.82) is 0 Å². The lowest BCUT2D eigenvalue weighted by atomic mass is 10.1. The van der Waals surface area contributed by atoms with E-state index >= 15 is 0 Å². The molecule has 1 fully saturated rings. The van der Waals surface area contributed by atoms with E-state index in [-0.39, 0.29) is 24.2 Å². The minimum absolute atomic E-state index is 0.0293. The van der Waals surface area contributed by atoms with E-state index in [0.717, 1.165) is 5.56 Å². The third-order valence-corrected chi connectivity index (χ3v) is 4.10. The molecule has 2 heterocycles. The topological polar surface area (TPSA) is 87.2 Å². The molecule has 130 valence electrons. The molecule has 0 radical (unpaired) electrons. The summed E-state index contributed by atoms with van der Waals surface area (Å²) < 4.78 is 0. The van der Waals surface area contributed by atoms with Crippen LogP contribution >= 0.6 is 0 Å². The molecular weight excluding hydrogens is 318 g/mol. The minimum Gasteiger partial charge on any atom is -0.367 e. The molecule has 1 saturated heterocycles. The van der Waals surface area contributed by atoms with E-state index in [2.05, 4.69) is 20.6 Å². The quantitative estimate of drug-likeness (QED) is 0.737. The number of anilines is 1. The molecule has 2 amide bonds. The number of carbonyl (C=O) groups excluding carboxylic acids is 2. The molecule has 7 nitrogen and oxygen atoms in total. The number of amides is 2. The first-order valence-electron chi connectivity index (χ1n) is 8.31. The molecule has 1 aliphatic rings. The fourth-order valence-electron chi connectivity index (χ4n) is 2.82. The second kappa shape index (κ2) is 8.23. The Balaban J connectivity index is 1.41. The van der Waals surface area contributed by atoms with Crippen LogP contribution in [-0.2, 0) is 16.1 Å². The van der Waals surface area contributed by atoms with Gasteiger partial charge in [0.25, 0.3) is 0 Å². The van der Waals surface area contributed by atoms with Gasteiger partial charge in [-0.05, 0) is 5.56 Å². The normalized spacial score (nSPS) is 16.7. The van der Waals surface area contributed by atoms with Gasteiger partial charge in [0.05, 0.1) is 12.1 Å². The van der Waals surface area contributed by atoms with Crippen LogP contribution in [0, 0.1) is 5.92 Å². The summed E-state index contributed by atoms with van der Waals surface area (Å²) >= 11 is 0. The summed E-state index contributed by atoms with van der Waals surface area (Å²) in [5, 5.41) is 5.95. The molecule has 1 aliphatic heterocycles. The Morgan fingerprint density at radius 2 is 2.04 bits per heavy atom. The maximum atomic E-state index is 12.3. The van der Waals surface area contributed by atoms with Crippen LogP contribution in [0.2, 0.25) is 0 Å². The zero-order valence-corrected chi connectivity index (χ0v) is 13.9. The smallest absolute Gasteiger partial charge is 0.225 e. The predicted molar refractivity (Wildman–Crippen MR) is 93.5 cm³/mol. The van der Waals surface area contributed by atoms with Gasteiger partial charge in [-0.15, -0.1) is 0 Å². The van der Waals surface area contributed by atoms with Gasteiger partial charge < -0.3 is 15.5 Å². The van der Waals surface area contributed by atoms with E-state index in [4.69, 9.17) is 0 Å². The molecule has 25 heavy (non-hydrogen) atoms. The predicted octanol–water partition coefficient (Wildman–Crippen LogP) is 1.05. The molecule has 1 aromatic carbocycles. The van der Waals surface area contributed by atoms with Gasteiger partial charge in [0.15, 0.2) is 0 Å². The van der Waals surface area contributed by atoms with Crippen LogP contribution < -0.4 is 10.6 Å². The summed E-state index contributed by atoms with van der Waals surface area (Å²) in [7, 11) is 0.